The molecule has 0 atom stereocenters. The molecule has 1 aromatic carbocycles. The lowest BCUT2D eigenvalue weighted by atomic mass is 10.0. The SMILES string of the molecule is C=C(O)c1ccnc(-c2ccc(NC(=O)Cc3ccc(C(/C=C\C=C/C)=C/C)cc3)cn2)c1. The van der Waals surface area contributed by atoms with Crippen LogP contribution in [0.15, 0.2) is 97.9 Å². The number of aromatic nitrogens is 2. The van der Waals surface area contributed by atoms with E-state index < -0.39 is 0 Å². The molecule has 0 saturated heterocycles. The van der Waals surface area contributed by atoms with Gasteiger partial charge < -0.3 is 10.4 Å². The molecule has 0 aliphatic heterocycles. The van der Waals surface area contributed by atoms with Crippen LogP contribution in [0.2, 0.25) is 0 Å². The monoisotopic (exact) mass is 437 g/mol. The highest BCUT2D eigenvalue weighted by Crippen LogP contribution is 2.20. The number of nitrogens with zero attached hydrogens (tertiary/aromatic N) is 2. The zero-order valence-corrected chi connectivity index (χ0v) is 18.8. The highest BCUT2D eigenvalue weighted by atomic mass is 16.3. The van der Waals surface area contributed by atoms with Gasteiger partial charge in [0.2, 0.25) is 5.91 Å². The molecular weight excluding hydrogens is 410 g/mol. The Hall–Kier alpha value is -4.25. The molecule has 0 bridgehead atoms. The second-order valence-electron chi connectivity index (χ2n) is 7.36. The molecule has 3 rings (SSSR count). The minimum Gasteiger partial charge on any atom is -0.508 e. The van der Waals surface area contributed by atoms with Crippen LogP contribution in [0.1, 0.15) is 30.5 Å². The van der Waals surface area contributed by atoms with E-state index in [4.69, 9.17) is 0 Å². The molecule has 2 heterocycles. The number of rotatable bonds is 8. The van der Waals surface area contributed by atoms with Crippen molar-refractivity contribution in [3.8, 4) is 11.4 Å². The van der Waals surface area contributed by atoms with Gasteiger partial charge in [0, 0.05) is 11.8 Å². The molecule has 2 aromatic heterocycles. The summed E-state index contributed by atoms with van der Waals surface area (Å²) >= 11 is 0. The highest BCUT2D eigenvalue weighted by molar-refractivity contribution is 5.92. The van der Waals surface area contributed by atoms with E-state index in [1.807, 2.05) is 56.3 Å². The number of anilines is 1. The molecule has 2 N–H and O–H groups in total. The average Bonchev–Trinajstić information content (AvgIpc) is 2.83. The van der Waals surface area contributed by atoms with Gasteiger partial charge in [-0.05, 0) is 54.8 Å². The van der Waals surface area contributed by atoms with Gasteiger partial charge in [0.1, 0.15) is 5.76 Å². The quantitative estimate of drug-likeness (QED) is 0.316. The molecule has 0 aliphatic carbocycles. The van der Waals surface area contributed by atoms with Gasteiger partial charge in [-0.1, -0.05) is 61.2 Å². The van der Waals surface area contributed by atoms with Crippen LogP contribution in [0.3, 0.4) is 0 Å². The van der Waals surface area contributed by atoms with Gasteiger partial charge in [-0.15, -0.1) is 0 Å². The fourth-order valence-corrected chi connectivity index (χ4v) is 3.20. The van der Waals surface area contributed by atoms with E-state index in [-0.39, 0.29) is 18.1 Å². The Bertz CT molecular complexity index is 1200. The van der Waals surface area contributed by atoms with Crippen LogP contribution in [0.5, 0.6) is 0 Å². The number of carbonyl (C=O) groups excluding carboxylic acids is 1. The summed E-state index contributed by atoms with van der Waals surface area (Å²) in [6, 6.07) is 14.9. The van der Waals surface area contributed by atoms with Gasteiger partial charge in [0.05, 0.1) is 29.7 Å². The standard InChI is InChI=1S/C28H27N3O2/c1-4-6-7-8-22(5-2)23-11-9-21(10-12-23)17-28(33)31-25-13-14-26(30-19-25)27-18-24(20(3)32)15-16-29-27/h4-16,18-19,32H,3,17H2,1-2H3,(H,31,33)/b6-4-,8-7-,22-5+. The van der Waals surface area contributed by atoms with E-state index in [0.29, 0.717) is 22.6 Å². The van der Waals surface area contributed by atoms with Crippen molar-refractivity contribution in [3.63, 3.8) is 0 Å². The molecule has 166 valence electrons. The van der Waals surface area contributed by atoms with Gasteiger partial charge >= 0.3 is 0 Å². The Labute approximate surface area is 194 Å². The van der Waals surface area contributed by atoms with Crippen LogP contribution in [0.25, 0.3) is 22.7 Å². The summed E-state index contributed by atoms with van der Waals surface area (Å²) < 4.78 is 0. The maximum atomic E-state index is 12.5. The number of hydrogen-bond acceptors (Lipinski definition) is 4. The fourth-order valence-electron chi connectivity index (χ4n) is 3.20. The van der Waals surface area contributed by atoms with Crippen LogP contribution < -0.4 is 5.32 Å². The van der Waals surface area contributed by atoms with Crippen molar-refractivity contribution in [2.45, 2.75) is 20.3 Å². The highest BCUT2D eigenvalue weighted by Gasteiger charge is 2.08. The summed E-state index contributed by atoms with van der Waals surface area (Å²) in [5.41, 5.74) is 5.59. The third-order valence-electron chi connectivity index (χ3n) is 4.95. The smallest absolute Gasteiger partial charge is 0.228 e. The molecule has 33 heavy (non-hydrogen) atoms. The summed E-state index contributed by atoms with van der Waals surface area (Å²) in [4.78, 5) is 21.1. The number of hydrogen-bond donors (Lipinski definition) is 2. The molecule has 0 radical (unpaired) electrons. The molecular formula is C28H27N3O2. The Morgan fingerprint density at radius 1 is 1.00 bits per heavy atom. The molecule has 3 aromatic rings. The predicted molar refractivity (Wildman–Crippen MR) is 136 cm³/mol. The Kier molecular flexibility index (Phi) is 8.08. The molecule has 0 fully saturated rings. The molecule has 0 aliphatic rings. The zero-order valence-electron chi connectivity index (χ0n) is 18.8. The van der Waals surface area contributed by atoms with Crippen LogP contribution in [-0.4, -0.2) is 21.0 Å². The van der Waals surface area contributed by atoms with Crippen molar-refractivity contribution in [2.24, 2.45) is 0 Å². The lowest BCUT2D eigenvalue weighted by Gasteiger charge is -2.08. The normalized spacial score (nSPS) is 11.8. The lowest BCUT2D eigenvalue weighted by molar-refractivity contribution is -0.115. The minimum atomic E-state index is -0.117. The maximum Gasteiger partial charge on any atom is 0.228 e. The summed E-state index contributed by atoms with van der Waals surface area (Å²) in [5, 5.41) is 12.4. The van der Waals surface area contributed by atoms with E-state index in [9.17, 15) is 9.90 Å². The second-order valence-corrected chi connectivity index (χ2v) is 7.36. The first kappa shape index (κ1) is 23.4. The van der Waals surface area contributed by atoms with Crippen molar-refractivity contribution in [2.75, 3.05) is 5.32 Å². The summed E-state index contributed by atoms with van der Waals surface area (Å²) in [6.45, 7) is 7.51. The van der Waals surface area contributed by atoms with Crippen LogP contribution in [0.4, 0.5) is 5.69 Å². The van der Waals surface area contributed by atoms with Gasteiger partial charge in [-0.2, -0.15) is 0 Å². The summed E-state index contributed by atoms with van der Waals surface area (Å²) in [7, 11) is 0. The first-order valence-corrected chi connectivity index (χ1v) is 10.7. The summed E-state index contributed by atoms with van der Waals surface area (Å²) in [5.74, 6) is -0.143. The largest absolute Gasteiger partial charge is 0.508 e. The van der Waals surface area contributed by atoms with E-state index >= 15 is 0 Å². The fraction of sp³-hybridized carbons (Fsp3) is 0.107. The number of benzene rings is 1. The second kappa shape index (κ2) is 11.4. The number of nitrogens with one attached hydrogen (secondary N) is 1. The van der Waals surface area contributed by atoms with Crippen molar-refractivity contribution in [1.82, 2.24) is 9.97 Å². The van der Waals surface area contributed by atoms with E-state index in [0.717, 1.165) is 16.7 Å². The first-order chi connectivity index (χ1) is 16.0. The van der Waals surface area contributed by atoms with Crippen LogP contribution >= 0.6 is 0 Å². The Balaban J connectivity index is 1.62. The third-order valence-corrected chi connectivity index (χ3v) is 4.95. The molecule has 0 spiro atoms. The number of aliphatic hydroxyl groups excluding tert-OH is 1. The lowest BCUT2D eigenvalue weighted by Crippen LogP contribution is -2.14. The van der Waals surface area contributed by atoms with Crippen LogP contribution in [0, 0.1) is 0 Å². The average molecular weight is 438 g/mol. The molecule has 5 heteroatoms. The van der Waals surface area contributed by atoms with Crippen LogP contribution in [-0.2, 0) is 11.2 Å². The van der Waals surface area contributed by atoms with E-state index in [1.54, 1.807) is 36.7 Å². The van der Waals surface area contributed by atoms with Gasteiger partial charge in [-0.25, -0.2) is 0 Å². The van der Waals surface area contributed by atoms with E-state index in [2.05, 4.69) is 34.0 Å². The molecule has 1 amide bonds. The van der Waals surface area contributed by atoms with Gasteiger partial charge in [-0.3, -0.25) is 14.8 Å². The topological polar surface area (TPSA) is 75.1 Å². The maximum absolute atomic E-state index is 12.5. The minimum absolute atomic E-state index is 0.0254. The van der Waals surface area contributed by atoms with Crippen molar-refractivity contribution >= 4 is 22.9 Å². The summed E-state index contributed by atoms with van der Waals surface area (Å²) in [6.07, 6.45) is 13.5. The van der Waals surface area contributed by atoms with Crippen molar-refractivity contribution in [3.05, 3.63) is 115 Å². The number of carbonyl (C=O) groups is 1. The van der Waals surface area contributed by atoms with E-state index in [1.165, 1.54) is 0 Å². The molecule has 0 saturated carbocycles. The van der Waals surface area contributed by atoms with Gasteiger partial charge in [0.15, 0.2) is 0 Å². The van der Waals surface area contributed by atoms with Crippen molar-refractivity contribution in [1.29, 1.82) is 0 Å². The van der Waals surface area contributed by atoms with Crippen molar-refractivity contribution < 1.29 is 9.90 Å². The molecule has 5 nitrogen and oxygen atoms in total. The Morgan fingerprint density at radius 2 is 1.79 bits per heavy atom. The predicted octanol–water partition coefficient (Wildman–Crippen LogP) is 6.39. The Morgan fingerprint density at radius 3 is 2.42 bits per heavy atom. The molecule has 0 unspecified atom stereocenters. The third kappa shape index (κ3) is 6.61. The number of aliphatic hydroxyl groups is 1. The first-order valence-electron chi connectivity index (χ1n) is 10.7. The number of pyridine rings is 2. The number of allylic oxidation sites excluding steroid dienone is 6. The van der Waals surface area contributed by atoms with Gasteiger partial charge in [0.25, 0.3) is 0 Å². The number of amides is 1. The zero-order chi connectivity index (χ0) is 23.6.